The number of methoxy groups -OCH3 is 1. The molecule has 2 atom stereocenters. The van der Waals surface area contributed by atoms with Crippen LogP contribution in [0.2, 0.25) is 0 Å². The summed E-state index contributed by atoms with van der Waals surface area (Å²) in [5, 5.41) is 55.9. The predicted molar refractivity (Wildman–Crippen MR) is 87.3 cm³/mol. The van der Waals surface area contributed by atoms with E-state index in [9.17, 15) is 25.5 Å². The van der Waals surface area contributed by atoms with Gasteiger partial charge in [0.1, 0.15) is 17.2 Å². The highest BCUT2D eigenvalue weighted by Gasteiger charge is 2.33. The lowest BCUT2D eigenvalue weighted by molar-refractivity contribution is 0.0196. The number of phenolic OH excluding ortho intramolecular Hbond substituents is 4. The van der Waals surface area contributed by atoms with Gasteiger partial charge in [0.15, 0.2) is 23.4 Å². The first kappa shape index (κ1) is 18.5. The van der Waals surface area contributed by atoms with Crippen molar-refractivity contribution in [2.75, 3.05) is 14.2 Å². The normalized spacial score (nSPS) is 18.4. The predicted octanol–water partition coefficient (Wildman–Crippen LogP) is 1.16. The molecule has 6 N–H and O–H groups in total. The van der Waals surface area contributed by atoms with Crippen LogP contribution >= 0.6 is 0 Å². The molecule has 0 aliphatic carbocycles. The van der Waals surface area contributed by atoms with E-state index in [0.29, 0.717) is 22.6 Å². The smallest absolute Gasteiger partial charge is 0.200 e. The molecule has 2 aromatic carbocycles. The molecule has 0 fully saturated rings. The highest BCUT2D eigenvalue weighted by molar-refractivity contribution is 5.54. The maximum Gasteiger partial charge on any atom is 0.200 e. The lowest BCUT2D eigenvalue weighted by Crippen LogP contribution is -2.30. The summed E-state index contributed by atoms with van der Waals surface area (Å²) in [5.41, 5.74) is 0.736. The minimum Gasteiger partial charge on any atom is -0.507 e. The molecule has 25 heavy (non-hydrogen) atoms. The molecule has 0 amide bonds. The van der Waals surface area contributed by atoms with E-state index in [1.807, 2.05) is 0 Å². The third kappa shape index (κ3) is 3.49. The summed E-state index contributed by atoms with van der Waals surface area (Å²) in [5.74, 6) is -0.991. The molecule has 0 radical (unpaired) electrons. The van der Waals surface area contributed by atoms with Crippen molar-refractivity contribution in [3.05, 3.63) is 35.4 Å². The monoisotopic (exact) mass is 352 g/mol. The number of aliphatic hydroxyl groups is 2. The molecule has 2 aromatic rings. The Bertz CT molecular complexity index is 736. The quantitative estimate of drug-likeness (QED) is 0.443. The molecule has 8 heteroatoms. The maximum absolute atomic E-state index is 10.3. The molecule has 0 saturated carbocycles. The topological polar surface area (TPSA) is 140 Å². The molecule has 136 valence electrons. The molecule has 1 aliphatic rings. The van der Waals surface area contributed by atoms with Crippen LogP contribution in [-0.4, -0.2) is 51.0 Å². The van der Waals surface area contributed by atoms with Gasteiger partial charge < -0.3 is 40.1 Å². The van der Waals surface area contributed by atoms with Gasteiger partial charge in [-0.3, -0.25) is 0 Å². The van der Waals surface area contributed by atoms with E-state index in [4.69, 9.17) is 14.6 Å². The van der Waals surface area contributed by atoms with E-state index in [2.05, 4.69) is 0 Å². The first-order valence-corrected chi connectivity index (χ1v) is 7.35. The minimum atomic E-state index is -1.01. The van der Waals surface area contributed by atoms with Crippen LogP contribution < -0.4 is 9.47 Å². The van der Waals surface area contributed by atoms with E-state index in [0.717, 1.165) is 7.11 Å². The number of hydrogen-bond donors (Lipinski definition) is 6. The minimum absolute atomic E-state index is 0.0479. The lowest BCUT2D eigenvalue weighted by Gasteiger charge is -2.31. The van der Waals surface area contributed by atoms with Crippen LogP contribution in [0.5, 0.6) is 34.5 Å². The van der Waals surface area contributed by atoms with E-state index in [1.165, 1.54) is 25.3 Å². The van der Waals surface area contributed by atoms with Crippen molar-refractivity contribution in [1.29, 1.82) is 0 Å². The number of rotatable bonds is 2. The Morgan fingerprint density at radius 3 is 2.12 bits per heavy atom. The van der Waals surface area contributed by atoms with Gasteiger partial charge in [0.25, 0.3) is 0 Å². The molecule has 0 bridgehead atoms. The first-order chi connectivity index (χ1) is 11.9. The second kappa shape index (κ2) is 7.37. The third-order valence-electron chi connectivity index (χ3n) is 3.83. The second-order valence-electron chi connectivity index (χ2n) is 5.34. The van der Waals surface area contributed by atoms with Gasteiger partial charge in [-0.2, -0.15) is 0 Å². The number of hydrogen-bond acceptors (Lipinski definition) is 8. The SMILES string of the molecule is CO.COc1cc(O)c2c(c1)O[C@H](c1cc(O)c(O)c(O)c1)[C@H](O)C2. The number of ether oxygens (including phenoxy) is 2. The van der Waals surface area contributed by atoms with Gasteiger partial charge in [-0.05, 0) is 12.1 Å². The van der Waals surface area contributed by atoms with Crippen molar-refractivity contribution in [2.24, 2.45) is 0 Å². The van der Waals surface area contributed by atoms with Gasteiger partial charge in [0.2, 0.25) is 0 Å². The van der Waals surface area contributed by atoms with E-state index in [1.54, 1.807) is 6.07 Å². The largest absolute Gasteiger partial charge is 0.507 e. The van der Waals surface area contributed by atoms with E-state index < -0.39 is 29.5 Å². The summed E-state index contributed by atoms with van der Waals surface area (Å²) in [6.07, 6.45) is -1.77. The van der Waals surface area contributed by atoms with Gasteiger partial charge in [0, 0.05) is 36.8 Å². The van der Waals surface area contributed by atoms with E-state index in [-0.39, 0.29) is 12.2 Å². The fourth-order valence-corrected chi connectivity index (χ4v) is 2.65. The number of phenols is 4. The van der Waals surface area contributed by atoms with Gasteiger partial charge in [-0.1, -0.05) is 0 Å². The van der Waals surface area contributed by atoms with Crippen molar-refractivity contribution in [1.82, 2.24) is 0 Å². The number of aromatic hydroxyl groups is 4. The second-order valence-corrected chi connectivity index (χ2v) is 5.34. The van der Waals surface area contributed by atoms with Crippen LogP contribution in [0.4, 0.5) is 0 Å². The summed E-state index contributed by atoms with van der Waals surface area (Å²) in [6, 6.07) is 5.41. The summed E-state index contributed by atoms with van der Waals surface area (Å²) in [6.45, 7) is 0. The average molecular weight is 352 g/mol. The number of fused-ring (bicyclic) bond motifs is 1. The van der Waals surface area contributed by atoms with Crippen molar-refractivity contribution in [3.8, 4) is 34.5 Å². The molecule has 1 aliphatic heterocycles. The van der Waals surface area contributed by atoms with Gasteiger partial charge in [0.05, 0.1) is 13.2 Å². The third-order valence-corrected chi connectivity index (χ3v) is 3.83. The van der Waals surface area contributed by atoms with Crippen LogP contribution in [0.3, 0.4) is 0 Å². The molecular formula is C17H20O8. The lowest BCUT2D eigenvalue weighted by atomic mass is 9.93. The van der Waals surface area contributed by atoms with Gasteiger partial charge >= 0.3 is 0 Å². The van der Waals surface area contributed by atoms with Gasteiger partial charge in [-0.25, -0.2) is 0 Å². The molecule has 3 rings (SSSR count). The summed E-state index contributed by atoms with van der Waals surface area (Å²) >= 11 is 0. The fraction of sp³-hybridized carbons (Fsp3) is 0.294. The molecule has 0 spiro atoms. The van der Waals surface area contributed by atoms with Gasteiger partial charge in [-0.15, -0.1) is 0 Å². The molecule has 8 nitrogen and oxygen atoms in total. The van der Waals surface area contributed by atoms with Crippen molar-refractivity contribution in [2.45, 2.75) is 18.6 Å². The molecular weight excluding hydrogens is 332 g/mol. The molecule has 0 aromatic heterocycles. The highest BCUT2D eigenvalue weighted by atomic mass is 16.5. The van der Waals surface area contributed by atoms with Crippen molar-refractivity contribution in [3.63, 3.8) is 0 Å². The zero-order valence-electron chi connectivity index (χ0n) is 13.7. The van der Waals surface area contributed by atoms with Crippen molar-refractivity contribution < 1.29 is 40.1 Å². The zero-order valence-corrected chi connectivity index (χ0v) is 13.7. The Balaban J connectivity index is 0.00000109. The van der Waals surface area contributed by atoms with E-state index >= 15 is 0 Å². The Labute approximate surface area is 143 Å². The van der Waals surface area contributed by atoms with Crippen LogP contribution in [0, 0.1) is 0 Å². The highest BCUT2D eigenvalue weighted by Crippen LogP contribution is 2.44. The number of aliphatic hydroxyl groups excluding tert-OH is 2. The maximum atomic E-state index is 10.3. The standard InChI is InChI=1S/C16H16O7.CH4O/c1-22-8-4-10(17)9-6-13(20)16(23-14(9)5-8)7-2-11(18)15(21)12(19)3-7;1-2/h2-5,13,16-21H,6H2,1H3;2H,1H3/t13-,16-;/m1./s1. The summed E-state index contributed by atoms with van der Waals surface area (Å²) < 4.78 is 10.8. The summed E-state index contributed by atoms with van der Waals surface area (Å²) in [7, 11) is 2.45. The zero-order chi connectivity index (χ0) is 18.7. The Morgan fingerprint density at radius 1 is 0.960 bits per heavy atom. The molecule has 0 unspecified atom stereocenters. The van der Waals surface area contributed by atoms with Crippen LogP contribution in [0.25, 0.3) is 0 Å². The Hall–Kier alpha value is -2.84. The van der Waals surface area contributed by atoms with Crippen LogP contribution in [0.15, 0.2) is 24.3 Å². The first-order valence-electron chi connectivity index (χ1n) is 7.35. The fourth-order valence-electron chi connectivity index (χ4n) is 2.65. The number of benzene rings is 2. The summed E-state index contributed by atoms with van der Waals surface area (Å²) in [4.78, 5) is 0. The molecule has 1 heterocycles. The Kier molecular flexibility index (Phi) is 5.45. The van der Waals surface area contributed by atoms with Crippen molar-refractivity contribution >= 4 is 0 Å². The Morgan fingerprint density at radius 2 is 1.56 bits per heavy atom. The molecule has 0 saturated heterocycles. The van der Waals surface area contributed by atoms with Crippen LogP contribution in [-0.2, 0) is 6.42 Å². The average Bonchev–Trinajstić information content (AvgIpc) is 2.61. The van der Waals surface area contributed by atoms with Crippen LogP contribution in [0.1, 0.15) is 17.2 Å².